The summed E-state index contributed by atoms with van der Waals surface area (Å²) in [5.74, 6) is 0. The first-order valence-electron chi connectivity index (χ1n) is 8.66. The van der Waals surface area contributed by atoms with Gasteiger partial charge in [0.25, 0.3) is 0 Å². The summed E-state index contributed by atoms with van der Waals surface area (Å²) in [5.41, 5.74) is 0.664. The Labute approximate surface area is 120 Å². The van der Waals surface area contributed by atoms with Crippen LogP contribution in [0, 0.1) is 5.41 Å². The van der Waals surface area contributed by atoms with E-state index in [1.165, 1.54) is 71.0 Å². The lowest BCUT2D eigenvalue weighted by Gasteiger charge is -2.38. The van der Waals surface area contributed by atoms with Crippen molar-refractivity contribution in [1.29, 1.82) is 0 Å². The molecule has 2 heteroatoms. The first-order chi connectivity index (χ1) is 9.17. The minimum atomic E-state index is 0.664. The molecule has 2 atom stereocenters. The van der Waals surface area contributed by atoms with Gasteiger partial charge in [-0.3, -0.25) is 0 Å². The van der Waals surface area contributed by atoms with Crippen molar-refractivity contribution < 1.29 is 0 Å². The molecular weight excluding hydrogens is 232 g/mol. The maximum atomic E-state index is 3.78. The quantitative estimate of drug-likeness (QED) is 0.832. The van der Waals surface area contributed by atoms with Crippen molar-refractivity contribution in [2.24, 2.45) is 5.41 Å². The van der Waals surface area contributed by atoms with Crippen molar-refractivity contribution in [2.75, 3.05) is 19.6 Å². The van der Waals surface area contributed by atoms with E-state index in [0.29, 0.717) is 11.5 Å². The zero-order valence-electron chi connectivity index (χ0n) is 13.4. The fourth-order valence-electron chi connectivity index (χ4n) is 4.10. The van der Waals surface area contributed by atoms with Gasteiger partial charge in [0, 0.05) is 18.6 Å². The van der Waals surface area contributed by atoms with Gasteiger partial charge in [-0.15, -0.1) is 0 Å². The smallest absolute Gasteiger partial charge is 0.00790 e. The number of hydrogen-bond donors (Lipinski definition) is 1. The largest absolute Gasteiger partial charge is 0.311 e. The predicted molar refractivity (Wildman–Crippen MR) is 83.5 cm³/mol. The molecule has 0 aromatic carbocycles. The molecule has 0 spiro atoms. The highest BCUT2D eigenvalue weighted by atomic mass is 15.1. The summed E-state index contributed by atoms with van der Waals surface area (Å²) in [6.45, 7) is 11.1. The predicted octanol–water partition coefficient (Wildman–Crippen LogP) is 3.81. The van der Waals surface area contributed by atoms with Crippen LogP contribution in [0.4, 0.5) is 0 Å². The summed E-state index contributed by atoms with van der Waals surface area (Å²) in [4.78, 5) is 2.79. The number of nitrogens with zero attached hydrogens (tertiary/aromatic N) is 1. The zero-order valence-corrected chi connectivity index (χ0v) is 13.4. The van der Waals surface area contributed by atoms with E-state index in [4.69, 9.17) is 0 Å². The third kappa shape index (κ3) is 4.19. The van der Waals surface area contributed by atoms with Crippen LogP contribution in [0.3, 0.4) is 0 Å². The highest BCUT2D eigenvalue weighted by molar-refractivity contribution is 4.88. The third-order valence-electron chi connectivity index (χ3n) is 5.66. The molecule has 0 bridgehead atoms. The summed E-state index contributed by atoms with van der Waals surface area (Å²) in [6.07, 6.45) is 11.2. The van der Waals surface area contributed by atoms with Gasteiger partial charge in [-0.05, 0) is 64.0 Å². The molecule has 0 amide bonds. The second-order valence-electron chi connectivity index (χ2n) is 7.09. The Bertz CT molecular complexity index is 258. The Morgan fingerprint density at radius 3 is 2.42 bits per heavy atom. The second kappa shape index (κ2) is 7.08. The van der Waals surface area contributed by atoms with Crippen molar-refractivity contribution in [2.45, 2.75) is 84.2 Å². The standard InChI is InChI=1S/C17H34N2/c1-4-16-9-13-19(12-8-15(3)18-16)14-17(5-2)10-6-7-11-17/h15-16,18H,4-14H2,1-3H3. The maximum Gasteiger partial charge on any atom is 0.00790 e. The van der Waals surface area contributed by atoms with Crippen LogP contribution in [0.15, 0.2) is 0 Å². The van der Waals surface area contributed by atoms with E-state index in [2.05, 4.69) is 31.0 Å². The summed E-state index contributed by atoms with van der Waals surface area (Å²) < 4.78 is 0. The molecule has 1 saturated carbocycles. The minimum Gasteiger partial charge on any atom is -0.311 e. The van der Waals surface area contributed by atoms with E-state index >= 15 is 0 Å². The van der Waals surface area contributed by atoms with Crippen LogP contribution in [0.2, 0.25) is 0 Å². The summed E-state index contributed by atoms with van der Waals surface area (Å²) >= 11 is 0. The molecule has 1 aliphatic carbocycles. The average molecular weight is 266 g/mol. The van der Waals surface area contributed by atoms with Crippen LogP contribution < -0.4 is 5.32 Å². The normalized spacial score (nSPS) is 33.0. The van der Waals surface area contributed by atoms with E-state index in [9.17, 15) is 0 Å². The van der Waals surface area contributed by atoms with Crippen LogP contribution in [-0.4, -0.2) is 36.6 Å². The number of nitrogens with one attached hydrogen (secondary N) is 1. The third-order valence-corrected chi connectivity index (χ3v) is 5.66. The topological polar surface area (TPSA) is 15.3 Å². The fraction of sp³-hybridized carbons (Fsp3) is 1.00. The highest BCUT2D eigenvalue weighted by Gasteiger charge is 2.34. The Kier molecular flexibility index (Phi) is 5.70. The van der Waals surface area contributed by atoms with E-state index in [1.807, 2.05) is 0 Å². The van der Waals surface area contributed by atoms with Crippen LogP contribution >= 0.6 is 0 Å². The molecule has 112 valence electrons. The molecule has 0 radical (unpaired) electrons. The Morgan fingerprint density at radius 2 is 1.79 bits per heavy atom. The monoisotopic (exact) mass is 266 g/mol. The summed E-state index contributed by atoms with van der Waals surface area (Å²) in [7, 11) is 0. The zero-order chi connectivity index (χ0) is 13.7. The van der Waals surface area contributed by atoms with E-state index < -0.39 is 0 Å². The molecular formula is C17H34N2. The van der Waals surface area contributed by atoms with Crippen molar-refractivity contribution in [1.82, 2.24) is 10.2 Å². The van der Waals surface area contributed by atoms with Crippen molar-refractivity contribution in [3.63, 3.8) is 0 Å². The lowest BCUT2D eigenvalue weighted by molar-refractivity contribution is 0.126. The first-order valence-corrected chi connectivity index (χ1v) is 8.66. The van der Waals surface area contributed by atoms with Crippen LogP contribution in [0.1, 0.15) is 72.1 Å². The molecule has 1 N–H and O–H groups in total. The molecule has 2 fully saturated rings. The van der Waals surface area contributed by atoms with Gasteiger partial charge in [0.15, 0.2) is 0 Å². The van der Waals surface area contributed by atoms with E-state index in [0.717, 1.165) is 6.04 Å². The van der Waals surface area contributed by atoms with Crippen LogP contribution in [-0.2, 0) is 0 Å². The summed E-state index contributed by atoms with van der Waals surface area (Å²) in [5, 5.41) is 3.78. The van der Waals surface area contributed by atoms with Gasteiger partial charge in [0.2, 0.25) is 0 Å². The van der Waals surface area contributed by atoms with Crippen molar-refractivity contribution in [3.05, 3.63) is 0 Å². The van der Waals surface area contributed by atoms with E-state index in [-0.39, 0.29) is 0 Å². The molecule has 0 aromatic heterocycles. The molecule has 1 heterocycles. The van der Waals surface area contributed by atoms with Gasteiger partial charge < -0.3 is 10.2 Å². The van der Waals surface area contributed by atoms with Gasteiger partial charge >= 0.3 is 0 Å². The number of hydrogen-bond acceptors (Lipinski definition) is 2. The second-order valence-corrected chi connectivity index (χ2v) is 7.09. The Balaban J connectivity index is 1.91. The maximum absolute atomic E-state index is 3.78. The van der Waals surface area contributed by atoms with Crippen LogP contribution in [0.25, 0.3) is 0 Å². The first kappa shape index (κ1) is 15.3. The molecule has 2 aliphatic rings. The SMILES string of the molecule is CCC1CCN(CC2(CC)CCCC2)CCC(C)N1. The van der Waals surface area contributed by atoms with Gasteiger partial charge in [0.1, 0.15) is 0 Å². The summed E-state index contributed by atoms with van der Waals surface area (Å²) in [6, 6.07) is 1.42. The minimum absolute atomic E-state index is 0.664. The molecule has 0 aromatic rings. The van der Waals surface area contributed by atoms with E-state index in [1.54, 1.807) is 0 Å². The Morgan fingerprint density at radius 1 is 1.11 bits per heavy atom. The molecule has 1 aliphatic heterocycles. The highest BCUT2D eigenvalue weighted by Crippen LogP contribution is 2.41. The molecule has 19 heavy (non-hydrogen) atoms. The van der Waals surface area contributed by atoms with Gasteiger partial charge in [-0.2, -0.15) is 0 Å². The fourth-order valence-corrected chi connectivity index (χ4v) is 4.10. The lowest BCUT2D eigenvalue weighted by atomic mass is 9.82. The molecule has 1 saturated heterocycles. The Hall–Kier alpha value is -0.0800. The average Bonchev–Trinajstić information content (AvgIpc) is 2.87. The van der Waals surface area contributed by atoms with Crippen molar-refractivity contribution >= 4 is 0 Å². The molecule has 2 rings (SSSR count). The lowest BCUT2D eigenvalue weighted by Crippen LogP contribution is -2.46. The number of rotatable bonds is 4. The van der Waals surface area contributed by atoms with Crippen molar-refractivity contribution in [3.8, 4) is 0 Å². The molecule has 2 unspecified atom stereocenters. The van der Waals surface area contributed by atoms with Gasteiger partial charge in [-0.1, -0.05) is 26.7 Å². The van der Waals surface area contributed by atoms with Gasteiger partial charge in [-0.25, -0.2) is 0 Å². The molecule has 2 nitrogen and oxygen atoms in total. The van der Waals surface area contributed by atoms with Crippen LogP contribution in [0.5, 0.6) is 0 Å². The van der Waals surface area contributed by atoms with Gasteiger partial charge in [0.05, 0.1) is 0 Å².